The van der Waals surface area contributed by atoms with E-state index < -0.39 is 0 Å². The Bertz CT molecular complexity index is 598. The van der Waals surface area contributed by atoms with Gasteiger partial charge in [-0.15, -0.1) is 0 Å². The molecule has 0 fully saturated rings. The molecule has 98 valence electrons. The average molecular weight is 273 g/mol. The van der Waals surface area contributed by atoms with Crippen LogP contribution in [0.4, 0.5) is 5.00 Å². The summed E-state index contributed by atoms with van der Waals surface area (Å²) in [6, 6.07) is 10.2. The van der Waals surface area contributed by atoms with E-state index in [4.69, 9.17) is 10.00 Å². The van der Waals surface area contributed by atoms with Crippen molar-refractivity contribution in [3.05, 3.63) is 41.1 Å². The predicted octanol–water partition coefficient (Wildman–Crippen LogP) is 3.50. The van der Waals surface area contributed by atoms with Crippen LogP contribution in [0.1, 0.15) is 29.8 Å². The molecule has 0 bridgehead atoms. The van der Waals surface area contributed by atoms with E-state index in [1.807, 2.05) is 31.2 Å². The second-order valence-electron chi connectivity index (χ2n) is 4.22. The number of anilines is 1. The van der Waals surface area contributed by atoms with Gasteiger partial charge in [-0.2, -0.15) is 9.64 Å². The molecule has 1 unspecified atom stereocenters. The van der Waals surface area contributed by atoms with Crippen LogP contribution in [0.15, 0.2) is 24.3 Å². The van der Waals surface area contributed by atoms with Crippen LogP contribution in [0, 0.1) is 18.3 Å². The number of hydrogen-bond acceptors (Lipinski definition) is 5. The van der Waals surface area contributed by atoms with E-state index in [-0.39, 0.29) is 6.04 Å². The molecule has 4 nitrogen and oxygen atoms in total. The molecule has 5 heteroatoms. The third-order valence-electron chi connectivity index (χ3n) is 2.94. The summed E-state index contributed by atoms with van der Waals surface area (Å²) >= 11 is 1.32. The van der Waals surface area contributed by atoms with Crippen molar-refractivity contribution in [2.24, 2.45) is 0 Å². The van der Waals surface area contributed by atoms with Gasteiger partial charge in [0.25, 0.3) is 0 Å². The molecular formula is C14H15N3OS. The Labute approximate surface area is 116 Å². The topological polar surface area (TPSA) is 57.9 Å². The van der Waals surface area contributed by atoms with Crippen molar-refractivity contribution < 1.29 is 4.74 Å². The standard InChI is InChI=1S/C14H15N3OS/c1-9(11-4-6-12(18-3)7-5-11)16-14-13(8-15)10(2)17-19-14/h4-7,9,16H,1-3H3. The lowest BCUT2D eigenvalue weighted by molar-refractivity contribution is 0.414. The van der Waals surface area contributed by atoms with Crippen molar-refractivity contribution in [1.29, 1.82) is 5.26 Å². The number of nitrogens with one attached hydrogen (secondary N) is 1. The maximum atomic E-state index is 9.10. The zero-order valence-electron chi connectivity index (χ0n) is 11.1. The molecule has 0 aliphatic carbocycles. The lowest BCUT2D eigenvalue weighted by Crippen LogP contribution is -2.06. The summed E-state index contributed by atoms with van der Waals surface area (Å²) in [7, 11) is 1.65. The summed E-state index contributed by atoms with van der Waals surface area (Å²) < 4.78 is 9.33. The van der Waals surface area contributed by atoms with Gasteiger partial charge in [-0.3, -0.25) is 0 Å². The van der Waals surface area contributed by atoms with Gasteiger partial charge in [-0.05, 0) is 43.1 Å². The Hall–Kier alpha value is -2.06. The van der Waals surface area contributed by atoms with Crippen molar-refractivity contribution in [1.82, 2.24) is 4.37 Å². The predicted molar refractivity (Wildman–Crippen MR) is 76.6 cm³/mol. The molecule has 1 aromatic carbocycles. The highest BCUT2D eigenvalue weighted by molar-refractivity contribution is 7.10. The number of nitrogens with zero attached hydrogens (tertiary/aromatic N) is 2. The van der Waals surface area contributed by atoms with Gasteiger partial charge in [0.2, 0.25) is 0 Å². The molecule has 0 spiro atoms. The lowest BCUT2D eigenvalue weighted by atomic mass is 10.1. The maximum Gasteiger partial charge on any atom is 0.128 e. The fraction of sp³-hybridized carbons (Fsp3) is 0.286. The SMILES string of the molecule is COc1ccc(C(C)Nc2snc(C)c2C#N)cc1. The first-order valence-electron chi connectivity index (χ1n) is 5.92. The zero-order chi connectivity index (χ0) is 13.8. The Balaban J connectivity index is 2.16. The van der Waals surface area contributed by atoms with Gasteiger partial charge in [-0.25, -0.2) is 0 Å². The van der Waals surface area contributed by atoms with Crippen molar-refractivity contribution in [2.45, 2.75) is 19.9 Å². The van der Waals surface area contributed by atoms with Crippen molar-refractivity contribution >= 4 is 16.5 Å². The molecule has 0 aliphatic rings. The largest absolute Gasteiger partial charge is 0.497 e. The lowest BCUT2D eigenvalue weighted by Gasteiger charge is -2.14. The van der Waals surface area contributed by atoms with E-state index >= 15 is 0 Å². The van der Waals surface area contributed by atoms with Crippen LogP contribution in [0.2, 0.25) is 0 Å². The first-order chi connectivity index (χ1) is 9.15. The zero-order valence-corrected chi connectivity index (χ0v) is 11.9. The van der Waals surface area contributed by atoms with E-state index in [9.17, 15) is 0 Å². The molecule has 1 atom stereocenters. The number of aryl methyl sites for hydroxylation is 1. The molecule has 0 aliphatic heterocycles. The van der Waals surface area contributed by atoms with Crippen molar-refractivity contribution in [2.75, 3.05) is 12.4 Å². The molecule has 0 saturated carbocycles. The highest BCUT2D eigenvalue weighted by atomic mass is 32.1. The number of nitriles is 1. The first-order valence-corrected chi connectivity index (χ1v) is 6.70. The van der Waals surface area contributed by atoms with Crippen LogP contribution in [0.3, 0.4) is 0 Å². The van der Waals surface area contributed by atoms with Crippen molar-refractivity contribution in [3.63, 3.8) is 0 Å². The van der Waals surface area contributed by atoms with E-state index in [1.54, 1.807) is 7.11 Å². The molecule has 1 N–H and O–H groups in total. The molecule has 19 heavy (non-hydrogen) atoms. The van der Waals surface area contributed by atoms with Crippen LogP contribution in [0.5, 0.6) is 5.75 Å². The minimum Gasteiger partial charge on any atom is -0.497 e. The van der Waals surface area contributed by atoms with Crippen LogP contribution in [0.25, 0.3) is 0 Å². The van der Waals surface area contributed by atoms with E-state index in [1.165, 1.54) is 11.5 Å². The van der Waals surface area contributed by atoms with Gasteiger partial charge in [0.15, 0.2) is 0 Å². The van der Waals surface area contributed by atoms with Gasteiger partial charge in [-0.1, -0.05) is 12.1 Å². The minimum absolute atomic E-state index is 0.109. The number of hydrogen-bond donors (Lipinski definition) is 1. The molecule has 0 amide bonds. The molecule has 2 rings (SSSR count). The fourth-order valence-corrected chi connectivity index (χ4v) is 2.61. The summed E-state index contributed by atoms with van der Waals surface area (Å²) in [4.78, 5) is 0. The summed E-state index contributed by atoms with van der Waals surface area (Å²) in [6.45, 7) is 3.90. The van der Waals surface area contributed by atoms with Gasteiger partial charge >= 0.3 is 0 Å². The van der Waals surface area contributed by atoms with Gasteiger partial charge < -0.3 is 10.1 Å². The third-order valence-corrected chi connectivity index (χ3v) is 3.81. The molecule has 2 aromatic rings. The van der Waals surface area contributed by atoms with Crippen LogP contribution in [-0.4, -0.2) is 11.5 Å². The van der Waals surface area contributed by atoms with E-state index in [0.717, 1.165) is 22.0 Å². The number of ether oxygens (including phenoxy) is 1. The Morgan fingerprint density at radius 2 is 2.05 bits per heavy atom. The Kier molecular flexibility index (Phi) is 4.03. The fourth-order valence-electron chi connectivity index (χ4n) is 1.77. The van der Waals surface area contributed by atoms with Crippen LogP contribution in [-0.2, 0) is 0 Å². The third kappa shape index (κ3) is 2.85. The number of benzene rings is 1. The number of rotatable bonds is 4. The van der Waals surface area contributed by atoms with E-state index in [0.29, 0.717) is 5.56 Å². The Morgan fingerprint density at radius 1 is 1.37 bits per heavy atom. The molecule has 1 heterocycles. The van der Waals surface area contributed by atoms with Crippen LogP contribution >= 0.6 is 11.5 Å². The normalized spacial score (nSPS) is 11.7. The second-order valence-corrected chi connectivity index (χ2v) is 5.00. The first kappa shape index (κ1) is 13.4. The summed E-state index contributed by atoms with van der Waals surface area (Å²) in [5.74, 6) is 0.835. The second kappa shape index (κ2) is 5.72. The number of methoxy groups -OCH3 is 1. The molecular weight excluding hydrogens is 258 g/mol. The highest BCUT2D eigenvalue weighted by Gasteiger charge is 2.13. The minimum atomic E-state index is 0.109. The average Bonchev–Trinajstić information content (AvgIpc) is 2.79. The maximum absolute atomic E-state index is 9.10. The summed E-state index contributed by atoms with van der Waals surface area (Å²) in [6.07, 6.45) is 0. The van der Waals surface area contributed by atoms with Crippen LogP contribution < -0.4 is 10.1 Å². The smallest absolute Gasteiger partial charge is 0.128 e. The Morgan fingerprint density at radius 3 is 2.63 bits per heavy atom. The monoisotopic (exact) mass is 273 g/mol. The summed E-state index contributed by atoms with van der Waals surface area (Å²) in [5, 5.41) is 13.3. The number of aromatic nitrogens is 1. The quantitative estimate of drug-likeness (QED) is 0.926. The van der Waals surface area contributed by atoms with Crippen molar-refractivity contribution in [3.8, 4) is 11.8 Å². The molecule has 0 radical (unpaired) electrons. The summed E-state index contributed by atoms with van der Waals surface area (Å²) in [5.41, 5.74) is 2.54. The van der Waals surface area contributed by atoms with Gasteiger partial charge in [0, 0.05) is 6.04 Å². The van der Waals surface area contributed by atoms with E-state index in [2.05, 4.69) is 22.7 Å². The van der Waals surface area contributed by atoms with Gasteiger partial charge in [0.05, 0.1) is 12.8 Å². The highest BCUT2D eigenvalue weighted by Crippen LogP contribution is 2.28. The molecule has 1 aromatic heterocycles. The van der Waals surface area contributed by atoms with Gasteiger partial charge in [0.1, 0.15) is 22.4 Å². The molecule has 0 saturated heterocycles.